The second-order valence-electron chi connectivity index (χ2n) is 7.93. The highest BCUT2D eigenvalue weighted by molar-refractivity contribution is 5.97. The Bertz CT molecular complexity index is 1240. The molecule has 0 bridgehead atoms. The van der Waals surface area contributed by atoms with Crippen LogP contribution >= 0.6 is 0 Å². The van der Waals surface area contributed by atoms with E-state index in [0.29, 0.717) is 18.7 Å². The molecule has 1 N–H and O–H groups in total. The zero-order valence-corrected chi connectivity index (χ0v) is 18.2. The van der Waals surface area contributed by atoms with E-state index in [1.54, 1.807) is 35.1 Å². The molecular weight excluding hydrogens is 414 g/mol. The van der Waals surface area contributed by atoms with Crippen LogP contribution in [0.1, 0.15) is 21.6 Å². The molecule has 7 heteroatoms. The Labute approximate surface area is 191 Å². The summed E-state index contributed by atoms with van der Waals surface area (Å²) in [5.74, 6) is -0.460. The van der Waals surface area contributed by atoms with Crippen molar-refractivity contribution in [1.29, 1.82) is 0 Å². The molecule has 5 rings (SSSR count). The molecule has 0 unspecified atom stereocenters. The molecule has 2 aromatic carbocycles. The van der Waals surface area contributed by atoms with E-state index in [0.717, 1.165) is 28.1 Å². The van der Waals surface area contributed by atoms with Crippen molar-refractivity contribution in [1.82, 2.24) is 25.0 Å². The van der Waals surface area contributed by atoms with Crippen LogP contribution in [0.4, 0.5) is 0 Å². The molecule has 1 aliphatic rings. The molecule has 0 spiro atoms. The normalized spacial score (nSPS) is 15.1. The number of fused-ring (bicyclic) bond motifs is 1. The first kappa shape index (κ1) is 20.6. The van der Waals surface area contributed by atoms with E-state index in [-0.39, 0.29) is 11.8 Å². The van der Waals surface area contributed by atoms with Gasteiger partial charge in [0, 0.05) is 38.0 Å². The largest absolute Gasteiger partial charge is 0.357 e. The molecule has 0 fully saturated rings. The molecule has 0 saturated heterocycles. The van der Waals surface area contributed by atoms with Gasteiger partial charge in [-0.05, 0) is 29.3 Å². The predicted molar refractivity (Wildman–Crippen MR) is 125 cm³/mol. The molecule has 7 nitrogen and oxygen atoms in total. The van der Waals surface area contributed by atoms with Gasteiger partial charge in [-0.15, -0.1) is 0 Å². The SMILES string of the molecule is CNC(=O)[C@@H]1Cc2ccccc2CN1C(=O)c1cc(-c2ccccc2)n(-c2ccncc2)n1. The van der Waals surface area contributed by atoms with Crippen molar-refractivity contribution < 1.29 is 9.59 Å². The van der Waals surface area contributed by atoms with Crippen molar-refractivity contribution in [2.24, 2.45) is 0 Å². The fourth-order valence-electron chi connectivity index (χ4n) is 4.27. The molecule has 1 atom stereocenters. The van der Waals surface area contributed by atoms with Gasteiger partial charge in [0.1, 0.15) is 6.04 Å². The molecule has 164 valence electrons. The molecule has 0 aliphatic carbocycles. The summed E-state index contributed by atoms with van der Waals surface area (Å²) in [6.45, 7) is 0.357. The number of nitrogens with zero attached hydrogens (tertiary/aromatic N) is 4. The first-order valence-corrected chi connectivity index (χ1v) is 10.8. The van der Waals surface area contributed by atoms with Gasteiger partial charge < -0.3 is 10.2 Å². The molecule has 0 radical (unpaired) electrons. The Morgan fingerprint density at radius 3 is 2.36 bits per heavy atom. The Morgan fingerprint density at radius 1 is 0.939 bits per heavy atom. The summed E-state index contributed by atoms with van der Waals surface area (Å²) in [7, 11) is 1.59. The number of aromatic nitrogens is 3. The third-order valence-corrected chi connectivity index (χ3v) is 5.96. The van der Waals surface area contributed by atoms with Gasteiger partial charge in [-0.25, -0.2) is 4.68 Å². The smallest absolute Gasteiger partial charge is 0.275 e. The zero-order chi connectivity index (χ0) is 22.8. The summed E-state index contributed by atoms with van der Waals surface area (Å²) in [6.07, 6.45) is 3.85. The van der Waals surface area contributed by atoms with Crippen molar-refractivity contribution in [3.63, 3.8) is 0 Å². The zero-order valence-electron chi connectivity index (χ0n) is 18.2. The van der Waals surface area contributed by atoms with Crippen molar-refractivity contribution in [3.8, 4) is 16.9 Å². The van der Waals surface area contributed by atoms with Crippen LogP contribution in [-0.4, -0.2) is 44.6 Å². The monoisotopic (exact) mass is 437 g/mol. The third-order valence-electron chi connectivity index (χ3n) is 5.96. The fraction of sp³-hybridized carbons (Fsp3) is 0.154. The van der Waals surface area contributed by atoms with Gasteiger partial charge in [0.15, 0.2) is 5.69 Å². The van der Waals surface area contributed by atoms with Gasteiger partial charge in [0.2, 0.25) is 5.91 Å². The van der Waals surface area contributed by atoms with Gasteiger partial charge in [-0.2, -0.15) is 5.10 Å². The molecule has 1 aliphatic heterocycles. The lowest BCUT2D eigenvalue weighted by molar-refractivity contribution is -0.125. The molecule has 2 aromatic heterocycles. The minimum absolute atomic E-state index is 0.185. The summed E-state index contributed by atoms with van der Waals surface area (Å²) in [6, 6.07) is 22.6. The van der Waals surface area contributed by atoms with Crippen LogP contribution in [0.15, 0.2) is 85.2 Å². The van der Waals surface area contributed by atoms with E-state index in [9.17, 15) is 9.59 Å². The minimum Gasteiger partial charge on any atom is -0.357 e. The number of nitrogens with one attached hydrogen (secondary N) is 1. The number of benzene rings is 2. The maximum Gasteiger partial charge on any atom is 0.275 e. The van der Waals surface area contributed by atoms with Crippen LogP contribution in [0.5, 0.6) is 0 Å². The Hall–Kier alpha value is -4.26. The van der Waals surface area contributed by atoms with E-state index in [4.69, 9.17) is 0 Å². The third kappa shape index (κ3) is 3.89. The van der Waals surface area contributed by atoms with Crippen LogP contribution < -0.4 is 5.32 Å². The van der Waals surface area contributed by atoms with E-state index in [2.05, 4.69) is 15.4 Å². The predicted octanol–water partition coefficient (Wildman–Crippen LogP) is 3.25. The molecule has 0 saturated carbocycles. The van der Waals surface area contributed by atoms with Gasteiger partial charge >= 0.3 is 0 Å². The second kappa shape index (κ2) is 8.70. The standard InChI is InChI=1S/C26H23N5O2/c1-27-25(32)24-15-19-9-5-6-10-20(19)17-30(24)26(33)22-16-23(18-7-3-2-4-8-18)31(29-22)21-11-13-28-14-12-21/h2-14,16,24H,15,17H2,1H3,(H,27,32)/t24-/m0/s1. The summed E-state index contributed by atoms with van der Waals surface area (Å²) in [5.41, 5.74) is 4.95. The van der Waals surface area contributed by atoms with Gasteiger partial charge in [-0.3, -0.25) is 14.6 Å². The molecule has 2 amide bonds. The van der Waals surface area contributed by atoms with Crippen LogP contribution in [0, 0.1) is 0 Å². The molecule has 4 aromatic rings. The first-order chi connectivity index (χ1) is 16.2. The summed E-state index contributed by atoms with van der Waals surface area (Å²) in [4.78, 5) is 32.1. The highest BCUT2D eigenvalue weighted by Crippen LogP contribution is 2.28. The number of carbonyl (C=O) groups excluding carboxylic acids is 2. The Morgan fingerprint density at radius 2 is 1.64 bits per heavy atom. The average Bonchev–Trinajstić information content (AvgIpc) is 3.33. The van der Waals surface area contributed by atoms with E-state index >= 15 is 0 Å². The highest BCUT2D eigenvalue weighted by Gasteiger charge is 2.35. The van der Waals surface area contributed by atoms with Gasteiger partial charge in [-0.1, -0.05) is 54.6 Å². The van der Waals surface area contributed by atoms with E-state index < -0.39 is 6.04 Å². The number of hydrogen-bond acceptors (Lipinski definition) is 4. The van der Waals surface area contributed by atoms with E-state index in [1.165, 1.54) is 0 Å². The minimum atomic E-state index is -0.594. The lowest BCUT2D eigenvalue weighted by Crippen LogP contribution is -2.52. The van der Waals surface area contributed by atoms with Crippen LogP contribution in [0.3, 0.4) is 0 Å². The highest BCUT2D eigenvalue weighted by atomic mass is 16.2. The molecular formula is C26H23N5O2. The van der Waals surface area contributed by atoms with Crippen molar-refractivity contribution in [2.75, 3.05) is 7.05 Å². The van der Waals surface area contributed by atoms with Crippen LogP contribution in [-0.2, 0) is 17.8 Å². The lowest BCUT2D eigenvalue weighted by atomic mass is 9.93. The van der Waals surface area contributed by atoms with Crippen molar-refractivity contribution >= 4 is 11.8 Å². The van der Waals surface area contributed by atoms with Crippen molar-refractivity contribution in [2.45, 2.75) is 19.0 Å². The number of amides is 2. The summed E-state index contributed by atoms with van der Waals surface area (Å²) >= 11 is 0. The van der Waals surface area contributed by atoms with Gasteiger partial charge in [0.05, 0.1) is 11.4 Å². The number of hydrogen-bond donors (Lipinski definition) is 1. The Kier molecular flexibility index (Phi) is 5.44. The summed E-state index contributed by atoms with van der Waals surface area (Å²) < 4.78 is 1.75. The number of rotatable bonds is 4. The number of pyridine rings is 1. The van der Waals surface area contributed by atoms with Crippen LogP contribution in [0.2, 0.25) is 0 Å². The van der Waals surface area contributed by atoms with E-state index in [1.807, 2.05) is 66.7 Å². The number of carbonyl (C=O) groups is 2. The summed E-state index contributed by atoms with van der Waals surface area (Å²) in [5, 5.41) is 7.38. The number of likely N-dealkylation sites (N-methyl/N-ethyl adjacent to an activating group) is 1. The topological polar surface area (TPSA) is 80.1 Å². The van der Waals surface area contributed by atoms with Crippen molar-refractivity contribution in [3.05, 3.63) is 102 Å². The molecule has 3 heterocycles. The van der Waals surface area contributed by atoms with Crippen LogP contribution in [0.25, 0.3) is 16.9 Å². The van der Waals surface area contributed by atoms with Gasteiger partial charge in [0.25, 0.3) is 5.91 Å². The maximum atomic E-state index is 13.7. The lowest BCUT2D eigenvalue weighted by Gasteiger charge is -2.35. The first-order valence-electron chi connectivity index (χ1n) is 10.8. The quantitative estimate of drug-likeness (QED) is 0.532. The maximum absolute atomic E-state index is 13.7. The second-order valence-corrected chi connectivity index (χ2v) is 7.93. The fourth-order valence-corrected chi connectivity index (χ4v) is 4.27. The average molecular weight is 438 g/mol. The Balaban J connectivity index is 1.58. The molecule has 33 heavy (non-hydrogen) atoms.